The molecule has 1 saturated heterocycles. The highest BCUT2D eigenvalue weighted by molar-refractivity contribution is 8.18. The van der Waals surface area contributed by atoms with Gasteiger partial charge in [-0.3, -0.25) is 19.7 Å². The average molecular weight is 448 g/mol. The summed E-state index contributed by atoms with van der Waals surface area (Å²) in [6.45, 7) is 1.43. The lowest BCUT2D eigenvalue weighted by molar-refractivity contribution is -0.384. The molecule has 2 amide bonds. The van der Waals surface area contributed by atoms with Gasteiger partial charge in [0.2, 0.25) is 5.91 Å². The largest absolute Gasteiger partial charge is 0.457 e. The summed E-state index contributed by atoms with van der Waals surface area (Å²) >= 11 is 1.18. The van der Waals surface area contributed by atoms with Gasteiger partial charge in [0.25, 0.3) is 11.6 Å². The van der Waals surface area contributed by atoms with Gasteiger partial charge in [0.15, 0.2) is 5.17 Å². The molecule has 0 radical (unpaired) electrons. The Balaban J connectivity index is 1.47. The van der Waals surface area contributed by atoms with Crippen LogP contribution in [0.15, 0.2) is 75.0 Å². The van der Waals surface area contributed by atoms with Crippen LogP contribution in [-0.4, -0.2) is 21.9 Å². The second-order valence-corrected chi connectivity index (χ2v) is 7.75. The molecule has 0 bridgehead atoms. The molecule has 2 aromatic carbocycles. The molecule has 1 aromatic heterocycles. The van der Waals surface area contributed by atoms with Crippen LogP contribution < -0.4 is 10.6 Å². The molecule has 9 nitrogen and oxygen atoms in total. The first kappa shape index (κ1) is 21.1. The Morgan fingerprint density at radius 2 is 1.84 bits per heavy atom. The van der Waals surface area contributed by atoms with Gasteiger partial charge < -0.3 is 15.1 Å². The van der Waals surface area contributed by atoms with Crippen LogP contribution in [0.1, 0.15) is 12.7 Å². The predicted molar refractivity (Wildman–Crippen MR) is 122 cm³/mol. The van der Waals surface area contributed by atoms with Crippen molar-refractivity contribution in [2.24, 2.45) is 4.99 Å². The van der Waals surface area contributed by atoms with E-state index >= 15 is 0 Å². The lowest BCUT2D eigenvalue weighted by Gasteiger charge is -2.02. The lowest BCUT2D eigenvalue weighted by atomic mass is 10.1. The van der Waals surface area contributed by atoms with Gasteiger partial charge >= 0.3 is 0 Å². The van der Waals surface area contributed by atoms with E-state index in [0.717, 1.165) is 0 Å². The van der Waals surface area contributed by atoms with Crippen LogP contribution in [0.4, 0.5) is 17.1 Å². The molecule has 10 heteroatoms. The molecule has 0 spiro atoms. The smallest absolute Gasteiger partial charge is 0.269 e. The maximum Gasteiger partial charge on any atom is 0.269 e. The number of furan rings is 1. The lowest BCUT2D eigenvalue weighted by Crippen LogP contribution is -2.19. The molecule has 1 aliphatic heterocycles. The minimum absolute atomic E-state index is 0.00162. The van der Waals surface area contributed by atoms with E-state index in [0.29, 0.717) is 38.5 Å². The number of benzene rings is 2. The molecular formula is C22H16N4O5S. The molecule has 1 fully saturated rings. The van der Waals surface area contributed by atoms with Crippen molar-refractivity contribution < 1.29 is 18.9 Å². The van der Waals surface area contributed by atoms with E-state index in [2.05, 4.69) is 15.6 Å². The van der Waals surface area contributed by atoms with E-state index in [1.165, 1.54) is 30.8 Å². The minimum Gasteiger partial charge on any atom is -0.457 e. The summed E-state index contributed by atoms with van der Waals surface area (Å²) < 4.78 is 5.76. The molecule has 0 atom stereocenters. The van der Waals surface area contributed by atoms with E-state index in [9.17, 15) is 19.7 Å². The quantitative estimate of drug-likeness (QED) is 0.331. The molecule has 32 heavy (non-hydrogen) atoms. The van der Waals surface area contributed by atoms with Crippen LogP contribution in [0.5, 0.6) is 0 Å². The number of nitrogens with one attached hydrogen (secondary N) is 2. The molecule has 160 valence electrons. The summed E-state index contributed by atoms with van der Waals surface area (Å²) in [7, 11) is 0. The van der Waals surface area contributed by atoms with Crippen LogP contribution in [0.25, 0.3) is 17.4 Å². The maximum atomic E-state index is 12.3. The van der Waals surface area contributed by atoms with Crippen molar-refractivity contribution in [3.05, 3.63) is 81.4 Å². The first-order chi connectivity index (χ1) is 15.4. The third kappa shape index (κ3) is 4.93. The Morgan fingerprint density at radius 3 is 2.50 bits per heavy atom. The Morgan fingerprint density at radius 1 is 1.12 bits per heavy atom. The third-order valence-electron chi connectivity index (χ3n) is 4.33. The van der Waals surface area contributed by atoms with Gasteiger partial charge in [0.1, 0.15) is 11.5 Å². The third-order valence-corrected chi connectivity index (χ3v) is 5.24. The highest BCUT2D eigenvalue weighted by Crippen LogP contribution is 2.30. The fourth-order valence-corrected chi connectivity index (χ4v) is 3.70. The second-order valence-electron chi connectivity index (χ2n) is 6.72. The molecule has 2 N–H and O–H groups in total. The maximum absolute atomic E-state index is 12.3. The van der Waals surface area contributed by atoms with Crippen molar-refractivity contribution >= 4 is 51.9 Å². The van der Waals surface area contributed by atoms with E-state index < -0.39 is 4.92 Å². The second kappa shape index (κ2) is 8.90. The summed E-state index contributed by atoms with van der Waals surface area (Å²) in [6, 6.07) is 16.4. The van der Waals surface area contributed by atoms with Crippen LogP contribution in [0.2, 0.25) is 0 Å². The number of non-ortho nitro benzene ring substituents is 1. The zero-order chi connectivity index (χ0) is 22.7. The summed E-state index contributed by atoms with van der Waals surface area (Å²) in [5, 5.41) is 16.6. The zero-order valence-corrected chi connectivity index (χ0v) is 17.5. The highest BCUT2D eigenvalue weighted by atomic mass is 32.2. The van der Waals surface area contributed by atoms with Crippen LogP contribution in [-0.2, 0) is 9.59 Å². The summed E-state index contributed by atoms with van der Waals surface area (Å²) in [4.78, 5) is 38.5. The summed E-state index contributed by atoms with van der Waals surface area (Å²) in [5.41, 5.74) is 1.97. The Labute approximate surface area is 186 Å². The van der Waals surface area contributed by atoms with Gasteiger partial charge in [0.05, 0.1) is 15.5 Å². The molecule has 0 unspecified atom stereocenters. The topological polar surface area (TPSA) is 127 Å². The minimum atomic E-state index is -0.464. The van der Waals surface area contributed by atoms with Crippen molar-refractivity contribution in [2.45, 2.75) is 6.92 Å². The normalized spacial score (nSPS) is 15.7. The van der Waals surface area contributed by atoms with Gasteiger partial charge in [-0.05, 0) is 60.3 Å². The van der Waals surface area contributed by atoms with Crippen molar-refractivity contribution in [3.63, 3.8) is 0 Å². The van der Waals surface area contributed by atoms with Gasteiger partial charge in [-0.2, -0.15) is 0 Å². The average Bonchev–Trinajstić information content (AvgIpc) is 3.36. The summed E-state index contributed by atoms with van der Waals surface area (Å²) in [5.74, 6) is 0.546. The number of amidine groups is 1. The number of aliphatic imine (C=N–C) groups is 1. The number of thioether (sulfide) groups is 1. The monoisotopic (exact) mass is 448 g/mol. The molecule has 2 heterocycles. The Bertz CT molecular complexity index is 1260. The van der Waals surface area contributed by atoms with Gasteiger partial charge in [-0.1, -0.05) is 0 Å². The molecule has 4 rings (SSSR count). The number of nitro groups is 1. The predicted octanol–water partition coefficient (Wildman–Crippen LogP) is 4.70. The molecule has 0 aliphatic carbocycles. The number of hydrogen-bond acceptors (Lipinski definition) is 7. The standard InChI is InChI=1S/C22H16N4O5S/c1-13(27)23-15-4-6-16(7-5-15)24-22-25-21(28)20(32-22)12-18-10-11-19(31-18)14-2-8-17(9-3-14)26(29)30/h2-12H,1H3,(H,23,27)(H,24,25,28)/b20-12+. The number of carbonyl (C=O) groups is 2. The first-order valence-electron chi connectivity index (χ1n) is 9.39. The van der Waals surface area contributed by atoms with Crippen molar-refractivity contribution in [3.8, 4) is 11.3 Å². The fourth-order valence-electron chi connectivity index (χ4n) is 2.88. The van der Waals surface area contributed by atoms with Crippen LogP contribution >= 0.6 is 11.8 Å². The Hall–Kier alpha value is -4.18. The fraction of sp³-hybridized carbons (Fsp3) is 0.0455. The van der Waals surface area contributed by atoms with Crippen molar-refractivity contribution in [1.29, 1.82) is 0 Å². The number of hydrogen-bond donors (Lipinski definition) is 2. The number of carbonyl (C=O) groups excluding carboxylic acids is 2. The van der Waals surface area contributed by atoms with E-state index in [1.54, 1.807) is 54.6 Å². The number of anilines is 1. The van der Waals surface area contributed by atoms with Crippen LogP contribution in [0.3, 0.4) is 0 Å². The van der Waals surface area contributed by atoms with E-state index in [4.69, 9.17) is 4.42 Å². The van der Waals surface area contributed by atoms with Gasteiger partial charge in [0, 0.05) is 36.4 Å². The molecule has 3 aromatic rings. The number of rotatable bonds is 5. The number of nitro benzene ring substituents is 1. The number of amides is 2. The van der Waals surface area contributed by atoms with E-state index in [-0.39, 0.29) is 17.5 Å². The Kier molecular flexibility index (Phi) is 5.86. The first-order valence-corrected chi connectivity index (χ1v) is 10.2. The number of nitrogens with zero attached hydrogens (tertiary/aromatic N) is 2. The van der Waals surface area contributed by atoms with Crippen molar-refractivity contribution in [2.75, 3.05) is 5.32 Å². The SMILES string of the molecule is CC(=O)Nc1ccc(N=C2NC(=O)/C(=C\c3ccc(-c4ccc([N+](=O)[O-])cc4)o3)S2)cc1. The zero-order valence-electron chi connectivity index (χ0n) is 16.7. The summed E-state index contributed by atoms with van der Waals surface area (Å²) in [6.07, 6.45) is 1.61. The van der Waals surface area contributed by atoms with Crippen molar-refractivity contribution in [1.82, 2.24) is 5.32 Å². The van der Waals surface area contributed by atoms with Crippen LogP contribution in [0, 0.1) is 10.1 Å². The van der Waals surface area contributed by atoms with E-state index in [1.807, 2.05) is 0 Å². The molecule has 1 aliphatic rings. The molecule has 0 saturated carbocycles. The van der Waals surface area contributed by atoms with Gasteiger partial charge in [-0.15, -0.1) is 0 Å². The highest BCUT2D eigenvalue weighted by Gasteiger charge is 2.24. The van der Waals surface area contributed by atoms with Gasteiger partial charge in [-0.25, -0.2) is 4.99 Å². The molecular weight excluding hydrogens is 432 g/mol.